The van der Waals surface area contributed by atoms with Crippen molar-refractivity contribution in [2.75, 3.05) is 13.2 Å². The third-order valence-electron chi connectivity index (χ3n) is 4.26. The van der Waals surface area contributed by atoms with Gasteiger partial charge in [-0.25, -0.2) is 0 Å². The minimum absolute atomic E-state index is 0.00237. The zero-order valence-electron chi connectivity index (χ0n) is 8.76. The first-order valence-corrected chi connectivity index (χ1v) is 6.22. The van der Waals surface area contributed by atoms with Crippen LogP contribution in [0.2, 0.25) is 0 Å². The van der Waals surface area contributed by atoms with Crippen LogP contribution in [0.5, 0.6) is 0 Å². The molecule has 2 aliphatic carbocycles. The quantitative estimate of drug-likeness (QED) is 0.568. The van der Waals surface area contributed by atoms with Crippen molar-refractivity contribution in [1.29, 1.82) is 0 Å². The first-order valence-electron chi connectivity index (χ1n) is 5.70. The Hall–Kier alpha value is -0.220. The summed E-state index contributed by atoms with van der Waals surface area (Å²) < 4.78 is 10.9. The Labute approximate surface area is 94.9 Å². The number of hydrogen-bond donors (Lipinski definition) is 1. The molecule has 0 spiro atoms. The average molecular weight is 228 g/mol. The molecule has 1 saturated heterocycles. The Bertz CT molecular complexity index is 294. The van der Waals surface area contributed by atoms with Gasteiger partial charge in [-0.1, -0.05) is 0 Å². The first-order chi connectivity index (χ1) is 7.24. The molecule has 0 radical (unpaired) electrons. The molecule has 84 valence electrons. The standard InChI is InChI=1S/C11H16O3S/c1-2-13-9-6-3-5(10(9)15)7-4-14-11(12)8(6)7/h5-10,15H,2-4H2,1H3. The molecule has 0 N–H and O–H groups in total. The minimum Gasteiger partial charge on any atom is -0.465 e. The van der Waals surface area contributed by atoms with Crippen LogP contribution in [-0.4, -0.2) is 30.5 Å². The third kappa shape index (κ3) is 1.21. The molecule has 0 amide bonds. The molecule has 6 unspecified atom stereocenters. The van der Waals surface area contributed by atoms with E-state index in [1.807, 2.05) is 6.92 Å². The minimum atomic E-state index is -0.00237. The van der Waals surface area contributed by atoms with Gasteiger partial charge in [0.1, 0.15) is 0 Å². The molecular formula is C11H16O3S. The second kappa shape index (κ2) is 3.39. The van der Waals surface area contributed by atoms with Crippen molar-refractivity contribution in [1.82, 2.24) is 0 Å². The summed E-state index contributed by atoms with van der Waals surface area (Å²) in [6.45, 7) is 3.31. The van der Waals surface area contributed by atoms with Gasteiger partial charge < -0.3 is 9.47 Å². The molecule has 0 aromatic carbocycles. The summed E-state index contributed by atoms with van der Waals surface area (Å²) in [5, 5.41) is 0.297. The summed E-state index contributed by atoms with van der Waals surface area (Å²) in [6.07, 6.45) is 1.26. The summed E-state index contributed by atoms with van der Waals surface area (Å²) in [7, 11) is 0. The van der Waals surface area contributed by atoms with Crippen LogP contribution in [0.1, 0.15) is 13.3 Å². The summed E-state index contributed by atoms with van der Waals surface area (Å²) in [6, 6.07) is 0. The second-order valence-electron chi connectivity index (χ2n) is 4.79. The van der Waals surface area contributed by atoms with Crippen LogP contribution in [0, 0.1) is 23.7 Å². The Morgan fingerprint density at radius 3 is 3.00 bits per heavy atom. The van der Waals surface area contributed by atoms with Crippen LogP contribution in [0.3, 0.4) is 0 Å². The van der Waals surface area contributed by atoms with Gasteiger partial charge in [0, 0.05) is 23.7 Å². The number of carbonyl (C=O) groups is 1. The number of rotatable bonds is 2. The van der Waals surface area contributed by atoms with Gasteiger partial charge in [0.05, 0.1) is 18.6 Å². The molecule has 0 aromatic rings. The van der Waals surface area contributed by atoms with Crippen molar-refractivity contribution < 1.29 is 14.3 Å². The molecule has 3 rings (SSSR count). The molecule has 0 aromatic heterocycles. The van der Waals surface area contributed by atoms with E-state index in [2.05, 4.69) is 12.6 Å². The lowest BCUT2D eigenvalue weighted by Crippen LogP contribution is -2.41. The number of ether oxygens (including phenoxy) is 2. The smallest absolute Gasteiger partial charge is 0.309 e. The van der Waals surface area contributed by atoms with E-state index in [1.54, 1.807) is 0 Å². The Kier molecular flexibility index (Phi) is 2.25. The van der Waals surface area contributed by atoms with Crippen molar-refractivity contribution in [3.63, 3.8) is 0 Å². The monoisotopic (exact) mass is 228 g/mol. The normalized spacial score (nSPS) is 52.0. The summed E-state index contributed by atoms with van der Waals surface area (Å²) in [5.41, 5.74) is 0. The third-order valence-corrected chi connectivity index (χ3v) is 4.94. The number of fused-ring (bicyclic) bond motifs is 5. The Morgan fingerprint density at radius 2 is 2.27 bits per heavy atom. The largest absolute Gasteiger partial charge is 0.465 e. The second-order valence-corrected chi connectivity index (χ2v) is 5.39. The van der Waals surface area contributed by atoms with E-state index in [9.17, 15) is 4.79 Å². The van der Waals surface area contributed by atoms with Crippen molar-refractivity contribution >= 4 is 18.6 Å². The van der Waals surface area contributed by atoms with Gasteiger partial charge in [-0.3, -0.25) is 4.79 Å². The van der Waals surface area contributed by atoms with Gasteiger partial charge in [0.15, 0.2) is 0 Å². The van der Waals surface area contributed by atoms with E-state index in [4.69, 9.17) is 9.47 Å². The fourth-order valence-electron chi connectivity index (χ4n) is 3.71. The van der Waals surface area contributed by atoms with E-state index in [1.165, 1.54) is 0 Å². The Balaban J connectivity index is 1.85. The van der Waals surface area contributed by atoms with Crippen molar-refractivity contribution in [2.24, 2.45) is 23.7 Å². The highest BCUT2D eigenvalue weighted by molar-refractivity contribution is 7.81. The predicted molar refractivity (Wildman–Crippen MR) is 57.7 cm³/mol. The lowest BCUT2D eigenvalue weighted by molar-refractivity contribution is -0.144. The van der Waals surface area contributed by atoms with Crippen LogP contribution in [0.4, 0.5) is 0 Å². The molecule has 2 bridgehead atoms. The van der Waals surface area contributed by atoms with E-state index in [0.29, 0.717) is 36.2 Å². The fraction of sp³-hybridized carbons (Fsp3) is 0.909. The molecule has 2 saturated carbocycles. The molecule has 6 atom stereocenters. The predicted octanol–water partition coefficient (Wildman–Crippen LogP) is 1.13. The topological polar surface area (TPSA) is 35.5 Å². The fourth-order valence-corrected chi connectivity index (χ4v) is 4.36. The van der Waals surface area contributed by atoms with E-state index in [0.717, 1.165) is 6.42 Å². The van der Waals surface area contributed by atoms with Crippen LogP contribution in [0.25, 0.3) is 0 Å². The van der Waals surface area contributed by atoms with Crippen LogP contribution < -0.4 is 0 Å². The maximum absolute atomic E-state index is 11.6. The van der Waals surface area contributed by atoms with Crippen LogP contribution >= 0.6 is 12.6 Å². The maximum Gasteiger partial charge on any atom is 0.309 e. The SMILES string of the molecule is CCOC1C(S)C2CC1C1C(=O)OCC21. The maximum atomic E-state index is 11.6. The van der Waals surface area contributed by atoms with Crippen LogP contribution in [-0.2, 0) is 14.3 Å². The van der Waals surface area contributed by atoms with Gasteiger partial charge in [0.2, 0.25) is 0 Å². The van der Waals surface area contributed by atoms with Gasteiger partial charge in [-0.05, 0) is 19.3 Å². The van der Waals surface area contributed by atoms with Gasteiger partial charge in [0.25, 0.3) is 0 Å². The zero-order valence-corrected chi connectivity index (χ0v) is 9.65. The summed E-state index contributed by atoms with van der Waals surface area (Å²) in [4.78, 5) is 11.6. The molecule has 15 heavy (non-hydrogen) atoms. The highest BCUT2D eigenvalue weighted by Gasteiger charge is 2.62. The zero-order chi connectivity index (χ0) is 10.6. The highest BCUT2D eigenvalue weighted by Crippen LogP contribution is 2.57. The molecule has 3 aliphatic rings. The molecule has 1 aliphatic heterocycles. The Morgan fingerprint density at radius 1 is 1.47 bits per heavy atom. The molecular weight excluding hydrogens is 212 g/mol. The number of thiol groups is 1. The van der Waals surface area contributed by atoms with Gasteiger partial charge in [-0.2, -0.15) is 12.6 Å². The van der Waals surface area contributed by atoms with E-state index in [-0.39, 0.29) is 18.0 Å². The van der Waals surface area contributed by atoms with E-state index < -0.39 is 0 Å². The lowest BCUT2D eigenvalue weighted by atomic mass is 9.79. The number of esters is 1. The lowest BCUT2D eigenvalue weighted by Gasteiger charge is -2.32. The number of hydrogen-bond acceptors (Lipinski definition) is 4. The number of carbonyl (C=O) groups excluding carboxylic acids is 1. The van der Waals surface area contributed by atoms with Crippen molar-refractivity contribution in [2.45, 2.75) is 24.7 Å². The summed E-state index contributed by atoms with van der Waals surface area (Å²) >= 11 is 4.65. The molecule has 3 fully saturated rings. The highest BCUT2D eigenvalue weighted by atomic mass is 32.1. The van der Waals surface area contributed by atoms with Gasteiger partial charge in [-0.15, -0.1) is 0 Å². The van der Waals surface area contributed by atoms with Gasteiger partial charge >= 0.3 is 5.97 Å². The summed E-state index contributed by atoms with van der Waals surface area (Å²) in [5.74, 6) is 1.40. The van der Waals surface area contributed by atoms with Crippen molar-refractivity contribution in [3.8, 4) is 0 Å². The number of cyclic esters (lactones) is 1. The van der Waals surface area contributed by atoms with E-state index >= 15 is 0 Å². The average Bonchev–Trinajstić information content (AvgIpc) is 2.82. The van der Waals surface area contributed by atoms with Crippen molar-refractivity contribution in [3.05, 3.63) is 0 Å². The molecule has 4 heteroatoms. The molecule has 1 heterocycles. The first kappa shape index (κ1) is 9.97. The molecule has 3 nitrogen and oxygen atoms in total. The van der Waals surface area contributed by atoms with Crippen LogP contribution in [0.15, 0.2) is 0 Å².